The van der Waals surface area contributed by atoms with Crippen LogP contribution in [0.3, 0.4) is 0 Å². The van der Waals surface area contributed by atoms with E-state index in [1.165, 1.54) is 6.42 Å². The van der Waals surface area contributed by atoms with Gasteiger partial charge in [-0.05, 0) is 55.7 Å². The molecule has 31 heavy (non-hydrogen) atoms. The molecule has 2 aromatic heterocycles. The minimum atomic E-state index is 0.0477. The molecule has 0 radical (unpaired) electrons. The highest BCUT2D eigenvalue weighted by molar-refractivity contribution is 6.30. The topological polar surface area (TPSA) is 54.3 Å². The van der Waals surface area contributed by atoms with Crippen LogP contribution in [0.2, 0.25) is 5.02 Å². The van der Waals surface area contributed by atoms with Crippen LogP contribution < -0.4 is 4.90 Å². The second kappa shape index (κ2) is 8.71. The minimum Gasteiger partial charge on any atom is -0.353 e. The quantitative estimate of drug-likeness (QED) is 0.616. The summed E-state index contributed by atoms with van der Waals surface area (Å²) in [6.45, 7) is 3.82. The number of carbonyl (C=O) groups is 1. The van der Waals surface area contributed by atoms with Gasteiger partial charge >= 0.3 is 0 Å². The zero-order chi connectivity index (χ0) is 21.2. The second-order valence-corrected chi connectivity index (χ2v) is 8.60. The molecule has 0 spiro atoms. The lowest BCUT2D eigenvalue weighted by molar-refractivity contribution is 0.0740. The predicted molar refractivity (Wildman–Crippen MR) is 123 cm³/mol. The molecule has 160 valence electrons. The van der Waals surface area contributed by atoms with E-state index in [0.29, 0.717) is 23.8 Å². The summed E-state index contributed by atoms with van der Waals surface area (Å²) in [7, 11) is 0. The summed E-state index contributed by atoms with van der Waals surface area (Å²) in [4.78, 5) is 27.0. The van der Waals surface area contributed by atoms with Crippen molar-refractivity contribution in [2.24, 2.45) is 0 Å². The van der Waals surface area contributed by atoms with Crippen LogP contribution in [0.25, 0.3) is 11.4 Å². The molecule has 1 aromatic carbocycles. The number of benzene rings is 1. The van der Waals surface area contributed by atoms with Crippen LogP contribution in [0, 0.1) is 0 Å². The maximum atomic E-state index is 13.5. The molecule has 0 atom stereocenters. The first-order valence-electron chi connectivity index (χ1n) is 11.0. The van der Waals surface area contributed by atoms with E-state index >= 15 is 0 Å². The number of hydrogen-bond donors (Lipinski definition) is 0. The minimum absolute atomic E-state index is 0.0477. The van der Waals surface area contributed by atoms with Crippen molar-refractivity contribution in [1.82, 2.24) is 19.4 Å². The van der Waals surface area contributed by atoms with Gasteiger partial charge < -0.3 is 14.4 Å². The van der Waals surface area contributed by atoms with Crippen molar-refractivity contribution in [3.63, 3.8) is 0 Å². The third-order valence-corrected chi connectivity index (χ3v) is 6.46. The van der Waals surface area contributed by atoms with Gasteiger partial charge in [0.15, 0.2) is 0 Å². The third kappa shape index (κ3) is 4.04. The molecule has 1 fully saturated rings. The average molecular weight is 436 g/mol. The SMILES string of the molecule is O=C(c1nc(-c2ccc(Cl)cc2)n2c1CCCCC2)N1CCN(c2ccccn2)CC1. The van der Waals surface area contributed by atoms with Crippen LogP contribution in [0.5, 0.6) is 0 Å². The Hall–Kier alpha value is -2.86. The normalized spacial score (nSPS) is 16.7. The molecule has 4 heterocycles. The Morgan fingerprint density at radius 3 is 2.45 bits per heavy atom. The molecule has 2 aliphatic heterocycles. The Bertz CT molecular complexity index is 1060. The van der Waals surface area contributed by atoms with Crippen molar-refractivity contribution in [2.45, 2.75) is 32.2 Å². The standard InChI is InChI=1S/C24H26ClN5O/c25-19-10-8-18(9-11-19)23-27-22(20-6-2-1-5-13-30(20)23)24(31)29-16-14-28(15-17-29)21-7-3-4-12-26-21/h3-4,7-12H,1-2,5-6,13-17H2. The van der Waals surface area contributed by atoms with Crippen molar-refractivity contribution in [3.05, 3.63) is 65.1 Å². The lowest BCUT2D eigenvalue weighted by Gasteiger charge is -2.35. The van der Waals surface area contributed by atoms with Crippen molar-refractivity contribution in [3.8, 4) is 11.4 Å². The molecule has 0 N–H and O–H groups in total. The molecule has 6 nitrogen and oxygen atoms in total. The lowest BCUT2D eigenvalue weighted by Crippen LogP contribution is -2.49. The van der Waals surface area contributed by atoms with Crippen LogP contribution in [0.1, 0.15) is 35.4 Å². The largest absolute Gasteiger partial charge is 0.353 e. The van der Waals surface area contributed by atoms with Crippen molar-refractivity contribution < 1.29 is 4.79 Å². The summed E-state index contributed by atoms with van der Waals surface area (Å²) >= 11 is 6.09. The van der Waals surface area contributed by atoms with E-state index in [1.54, 1.807) is 0 Å². The van der Waals surface area contributed by atoms with E-state index < -0.39 is 0 Å². The lowest BCUT2D eigenvalue weighted by atomic mass is 10.1. The maximum absolute atomic E-state index is 13.5. The molecule has 0 bridgehead atoms. The van der Waals surface area contributed by atoms with Crippen LogP contribution >= 0.6 is 11.6 Å². The van der Waals surface area contributed by atoms with E-state index in [9.17, 15) is 4.79 Å². The van der Waals surface area contributed by atoms with Crippen LogP contribution in [-0.4, -0.2) is 51.5 Å². The van der Waals surface area contributed by atoms with E-state index in [4.69, 9.17) is 16.6 Å². The van der Waals surface area contributed by atoms with Gasteiger partial charge in [0.1, 0.15) is 17.3 Å². The van der Waals surface area contributed by atoms with Crippen LogP contribution in [0.4, 0.5) is 5.82 Å². The van der Waals surface area contributed by atoms with Crippen molar-refractivity contribution in [1.29, 1.82) is 0 Å². The Morgan fingerprint density at radius 1 is 0.903 bits per heavy atom. The van der Waals surface area contributed by atoms with Gasteiger partial charge in [0.2, 0.25) is 0 Å². The zero-order valence-electron chi connectivity index (χ0n) is 17.5. The molecule has 0 saturated carbocycles. The fraction of sp³-hybridized carbons (Fsp3) is 0.375. The number of amides is 1. The van der Waals surface area contributed by atoms with Crippen molar-refractivity contribution in [2.75, 3.05) is 31.1 Å². The van der Waals surface area contributed by atoms with Gasteiger partial charge in [0.05, 0.1) is 5.69 Å². The Labute approximate surface area is 187 Å². The number of aromatic nitrogens is 3. The fourth-order valence-corrected chi connectivity index (χ4v) is 4.67. The first kappa shape index (κ1) is 20.1. The predicted octanol–water partition coefficient (Wildman–Crippen LogP) is 4.29. The molecule has 3 aromatic rings. The molecule has 0 aliphatic carbocycles. The summed E-state index contributed by atoms with van der Waals surface area (Å²) in [5.41, 5.74) is 2.71. The number of halogens is 1. The first-order chi connectivity index (χ1) is 15.2. The molecule has 2 aliphatic rings. The van der Waals surface area contributed by atoms with Crippen LogP contribution in [-0.2, 0) is 13.0 Å². The van der Waals surface area contributed by atoms with Crippen molar-refractivity contribution >= 4 is 23.3 Å². The van der Waals surface area contributed by atoms with Gasteiger partial charge in [-0.1, -0.05) is 24.1 Å². The third-order valence-electron chi connectivity index (χ3n) is 6.21. The molecular weight excluding hydrogens is 410 g/mol. The van der Waals surface area contributed by atoms with E-state index in [1.807, 2.05) is 53.6 Å². The van der Waals surface area contributed by atoms with Gasteiger partial charge in [0, 0.05) is 49.5 Å². The summed E-state index contributed by atoms with van der Waals surface area (Å²) in [6, 6.07) is 13.7. The number of nitrogens with zero attached hydrogens (tertiary/aromatic N) is 5. The number of anilines is 1. The zero-order valence-corrected chi connectivity index (χ0v) is 18.3. The molecule has 0 unspecified atom stereocenters. The molecule has 1 saturated heterocycles. The van der Waals surface area contributed by atoms with Gasteiger partial charge in [0.25, 0.3) is 5.91 Å². The number of fused-ring (bicyclic) bond motifs is 1. The number of rotatable bonds is 3. The summed E-state index contributed by atoms with van der Waals surface area (Å²) in [5.74, 6) is 1.89. The number of hydrogen-bond acceptors (Lipinski definition) is 4. The van der Waals surface area contributed by atoms with Crippen LogP contribution in [0.15, 0.2) is 48.7 Å². The highest BCUT2D eigenvalue weighted by atomic mass is 35.5. The average Bonchev–Trinajstić information content (AvgIpc) is 3.00. The first-order valence-corrected chi connectivity index (χ1v) is 11.4. The number of pyridine rings is 1. The van der Waals surface area contributed by atoms with Gasteiger partial charge in [-0.25, -0.2) is 9.97 Å². The highest BCUT2D eigenvalue weighted by Gasteiger charge is 2.29. The summed E-state index contributed by atoms with van der Waals surface area (Å²) in [5, 5.41) is 0.702. The van der Waals surface area contributed by atoms with Gasteiger partial charge in [-0.2, -0.15) is 0 Å². The Kier molecular flexibility index (Phi) is 5.64. The van der Waals surface area contributed by atoms with Gasteiger partial charge in [-0.15, -0.1) is 0 Å². The number of carbonyl (C=O) groups excluding carboxylic acids is 1. The summed E-state index contributed by atoms with van der Waals surface area (Å²) < 4.78 is 2.26. The smallest absolute Gasteiger partial charge is 0.274 e. The number of piperazine rings is 1. The molecule has 7 heteroatoms. The Balaban J connectivity index is 1.41. The van der Waals surface area contributed by atoms with Gasteiger partial charge in [-0.3, -0.25) is 4.79 Å². The second-order valence-electron chi connectivity index (χ2n) is 8.17. The van der Waals surface area contributed by atoms with E-state index in [-0.39, 0.29) is 5.91 Å². The molecule has 5 rings (SSSR count). The molecular formula is C24H26ClN5O. The van der Waals surface area contributed by atoms with E-state index in [2.05, 4.69) is 14.5 Å². The fourth-order valence-electron chi connectivity index (χ4n) is 4.54. The Morgan fingerprint density at radius 2 is 1.71 bits per heavy atom. The van der Waals surface area contributed by atoms with E-state index in [0.717, 1.165) is 61.8 Å². The number of imidazole rings is 1. The summed E-state index contributed by atoms with van der Waals surface area (Å²) in [6.07, 6.45) is 6.10. The monoisotopic (exact) mass is 435 g/mol. The molecule has 1 amide bonds. The maximum Gasteiger partial charge on any atom is 0.274 e. The highest BCUT2D eigenvalue weighted by Crippen LogP contribution is 2.29.